The van der Waals surface area contributed by atoms with Crippen molar-refractivity contribution in [3.05, 3.63) is 42.5 Å². The molecule has 26 heavy (non-hydrogen) atoms. The van der Waals surface area contributed by atoms with Gasteiger partial charge in [-0.05, 0) is 49.5 Å². The van der Waals surface area contributed by atoms with Crippen LogP contribution < -0.4 is 20.1 Å². The molecule has 1 aliphatic rings. The summed E-state index contributed by atoms with van der Waals surface area (Å²) < 4.78 is 33.3. The van der Waals surface area contributed by atoms with Gasteiger partial charge in [-0.15, -0.1) is 0 Å². The zero-order chi connectivity index (χ0) is 18.7. The number of nitrogens with two attached hydrogens (primary N) is 1. The highest BCUT2D eigenvalue weighted by atomic mass is 32.2. The molecule has 0 aromatic heterocycles. The third-order valence-electron chi connectivity index (χ3n) is 4.47. The van der Waals surface area contributed by atoms with E-state index in [1.54, 1.807) is 31.4 Å². The molecule has 3 rings (SSSR count). The Balaban J connectivity index is 1.86. The zero-order valence-electron chi connectivity index (χ0n) is 15.0. The molecule has 0 aliphatic carbocycles. The second-order valence-electron chi connectivity index (χ2n) is 6.35. The molecule has 0 amide bonds. The first-order valence-electron chi connectivity index (χ1n) is 8.39. The number of methoxy groups -OCH3 is 1. The number of ether oxygens (including phenoxy) is 1. The topological polar surface area (TPSA) is 87.9 Å². The molecule has 2 aromatic carbocycles. The van der Waals surface area contributed by atoms with Gasteiger partial charge in [0, 0.05) is 31.9 Å². The van der Waals surface area contributed by atoms with Crippen molar-refractivity contribution in [2.75, 3.05) is 55.7 Å². The lowest BCUT2D eigenvalue weighted by Gasteiger charge is -2.35. The van der Waals surface area contributed by atoms with Crippen LogP contribution in [0.5, 0.6) is 5.75 Å². The first-order valence-corrected chi connectivity index (χ1v) is 9.87. The van der Waals surface area contributed by atoms with Crippen molar-refractivity contribution in [3.63, 3.8) is 0 Å². The highest BCUT2D eigenvalue weighted by Crippen LogP contribution is 2.32. The molecule has 0 spiro atoms. The van der Waals surface area contributed by atoms with E-state index in [0.717, 1.165) is 37.6 Å². The predicted molar refractivity (Wildman–Crippen MR) is 104 cm³/mol. The summed E-state index contributed by atoms with van der Waals surface area (Å²) >= 11 is 0. The Bertz CT molecular complexity index is 861. The van der Waals surface area contributed by atoms with Crippen LogP contribution in [0.4, 0.5) is 17.1 Å². The second kappa shape index (κ2) is 7.43. The number of nitrogen functional groups attached to an aromatic ring is 1. The van der Waals surface area contributed by atoms with Gasteiger partial charge in [0.2, 0.25) is 0 Å². The van der Waals surface area contributed by atoms with E-state index in [0.29, 0.717) is 11.4 Å². The average Bonchev–Trinajstić information content (AvgIpc) is 2.62. The number of hydrogen-bond acceptors (Lipinski definition) is 6. The fraction of sp³-hybridized carbons (Fsp3) is 0.333. The summed E-state index contributed by atoms with van der Waals surface area (Å²) in [5.41, 5.74) is 7.53. The Morgan fingerprint density at radius 2 is 1.69 bits per heavy atom. The van der Waals surface area contributed by atoms with Crippen LogP contribution in [-0.4, -0.2) is 53.7 Å². The SMILES string of the molecule is COc1ccc(NS(=O)(=O)c2ccc(N)cc2)cc1N1CCN(C)CC1. The van der Waals surface area contributed by atoms with Crippen LogP contribution in [0.2, 0.25) is 0 Å². The molecule has 7 nitrogen and oxygen atoms in total. The van der Waals surface area contributed by atoms with E-state index >= 15 is 0 Å². The summed E-state index contributed by atoms with van der Waals surface area (Å²) in [5.74, 6) is 0.727. The summed E-state index contributed by atoms with van der Waals surface area (Å²) in [7, 11) is 0.0282. The first kappa shape index (κ1) is 18.3. The van der Waals surface area contributed by atoms with E-state index in [1.807, 2.05) is 6.07 Å². The second-order valence-corrected chi connectivity index (χ2v) is 8.03. The van der Waals surface area contributed by atoms with Crippen molar-refractivity contribution in [2.45, 2.75) is 4.90 Å². The maximum absolute atomic E-state index is 12.6. The van der Waals surface area contributed by atoms with Gasteiger partial charge < -0.3 is 20.3 Å². The number of sulfonamides is 1. The van der Waals surface area contributed by atoms with Crippen molar-refractivity contribution < 1.29 is 13.2 Å². The number of hydrogen-bond donors (Lipinski definition) is 2. The minimum atomic E-state index is -3.68. The molecule has 0 atom stereocenters. The Morgan fingerprint density at radius 3 is 2.31 bits per heavy atom. The van der Waals surface area contributed by atoms with E-state index in [1.165, 1.54) is 12.1 Å². The number of nitrogens with one attached hydrogen (secondary N) is 1. The molecular weight excluding hydrogens is 352 g/mol. The van der Waals surface area contributed by atoms with Gasteiger partial charge in [0.05, 0.1) is 23.4 Å². The van der Waals surface area contributed by atoms with Crippen LogP contribution in [0.25, 0.3) is 0 Å². The van der Waals surface area contributed by atoms with Gasteiger partial charge >= 0.3 is 0 Å². The van der Waals surface area contributed by atoms with Crippen LogP contribution in [0.15, 0.2) is 47.4 Å². The highest BCUT2D eigenvalue weighted by Gasteiger charge is 2.20. The average molecular weight is 376 g/mol. The van der Waals surface area contributed by atoms with Crippen molar-refractivity contribution in [2.24, 2.45) is 0 Å². The zero-order valence-corrected chi connectivity index (χ0v) is 15.8. The fourth-order valence-corrected chi connectivity index (χ4v) is 3.96. The summed E-state index contributed by atoms with van der Waals surface area (Å²) in [6.45, 7) is 3.62. The maximum atomic E-state index is 12.6. The lowest BCUT2D eigenvalue weighted by atomic mass is 10.2. The number of piperazine rings is 1. The Morgan fingerprint density at radius 1 is 1.04 bits per heavy atom. The number of nitrogens with zero attached hydrogens (tertiary/aromatic N) is 2. The predicted octanol–water partition coefficient (Wildman–Crippen LogP) is 1.83. The van der Waals surface area contributed by atoms with Crippen LogP contribution >= 0.6 is 0 Å². The normalized spacial score (nSPS) is 15.7. The van der Waals surface area contributed by atoms with Crippen molar-refractivity contribution in [1.29, 1.82) is 0 Å². The Kier molecular flexibility index (Phi) is 5.24. The van der Waals surface area contributed by atoms with E-state index in [4.69, 9.17) is 10.5 Å². The van der Waals surface area contributed by atoms with Crippen LogP contribution in [0.3, 0.4) is 0 Å². The molecule has 1 saturated heterocycles. The van der Waals surface area contributed by atoms with Gasteiger partial charge in [0.1, 0.15) is 5.75 Å². The molecule has 3 N–H and O–H groups in total. The van der Waals surface area contributed by atoms with Crippen molar-refractivity contribution >= 4 is 27.1 Å². The van der Waals surface area contributed by atoms with E-state index < -0.39 is 10.0 Å². The van der Waals surface area contributed by atoms with Crippen LogP contribution in [-0.2, 0) is 10.0 Å². The van der Waals surface area contributed by atoms with E-state index in [-0.39, 0.29) is 4.90 Å². The summed E-state index contributed by atoms with van der Waals surface area (Å²) in [6, 6.07) is 11.4. The van der Waals surface area contributed by atoms with Gasteiger partial charge in [-0.3, -0.25) is 4.72 Å². The van der Waals surface area contributed by atoms with E-state index in [9.17, 15) is 8.42 Å². The molecule has 0 bridgehead atoms. The lowest BCUT2D eigenvalue weighted by molar-refractivity contribution is 0.311. The minimum absolute atomic E-state index is 0.170. The molecule has 0 saturated carbocycles. The maximum Gasteiger partial charge on any atom is 0.261 e. The minimum Gasteiger partial charge on any atom is -0.495 e. The summed E-state index contributed by atoms with van der Waals surface area (Å²) in [6.07, 6.45) is 0. The van der Waals surface area contributed by atoms with Gasteiger partial charge in [-0.25, -0.2) is 8.42 Å². The van der Waals surface area contributed by atoms with Crippen LogP contribution in [0.1, 0.15) is 0 Å². The molecule has 0 radical (unpaired) electrons. The number of anilines is 3. The molecule has 1 aliphatic heterocycles. The van der Waals surface area contributed by atoms with Crippen molar-refractivity contribution in [1.82, 2.24) is 4.90 Å². The number of benzene rings is 2. The van der Waals surface area contributed by atoms with Crippen molar-refractivity contribution in [3.8, 4) is 5.75 Å². The quantitative estimate of drug-likeness (QED) is 0.774. The third kappa shape index (κ3) is 4.03. The van der Waals surface area contributed by atoms with Gasteiger partial charge in [0.25, 0.3) is 10.0 Å². The molecule has 8 heteroatoms. The van der Waals surface area contributed by atoms with Gasteiger partial charge in [-0.2, -0.15) is 0 Å². The molecule has 1 heterocycles. The molecule has 140 valence electrons. The van der Waals surface area contributed by atoms with Crippen LogP contribution in [0, 0.1) is 0 Å². The Hall–Kier alpha value is -2.45. The molecule has 2 aromatic rings. The molecular formula is C18H24N4O3S. The fourth-order valence-electron chi connectivity index (χ4n) is 2.91. The third-order valence-corrected chi connectivity index (χ3v) is 5.86. The van der Waals surface area contributed by atoms with Gasteiger partial charge in [-0.1, -0.05) is 0 Å². The Labute approximate surface area is 154 Å². The molecule has 1 fully saturated rings. The van der Waals surface area contributed by atoms with E-state index in [2.05, 4.69) is 21.6 Å². The summed E-state index contributed by atoms with van der Waals surface area (Å²) in [5, 5.41) is 0. The molecule has 0 unspecified atom stereocenters. The standard InChI is InChI=1S/C18H24N4O3S/c1-21-9-11-22(12-10-21)17-13-15(5-8-18(17)25-2)20-26(23,24)16-6-3-14(19)4-7-16/h3-8,13,20H,9-12,19H2,1-2H3. The number of rotatable bonds is 5. The highest BCUT2D eigenvalue weighted by molar-refractivity contribution is 7.92. The summed E-state index contributed by atoms with van der Waals surface area (Å²) in [4.78, 5) is 4.64. The monoisotopic (exact) mass is 376 g/mol. The largest absolute Gasteiger partial charge is 0.495 e. The van der Waals surface area contributed by atoms with Gasteiger partial charge in [0.15, 0.2) is 0 Å². The lowest BCUT2D eigenvalue weighted by Crippen LogP contribution is -2.44. The smallest absolute Gasteiger partial charge is 0.261 e. The first-order chi connectivity index (χ1) is 12.4. The number of likely N-dealkylation sites (N-methyl/N-ethyl adjacent to an activating group) is 1.